The van der Waals surface area contributed by atoms with E-state index in [0.717, 1.165) is 5.56 Å². The van der Waals surface area contributed by atoms with Crippen LogP contribution in [0.2, 0.25) is 0 Å². The Balaban J connectivity index is 1.55. The summed E-state index contributed by atoms with van der Waals surface area (Å²) in [7, 11) is 1.52. The van der Waals surface area contributed by atoms with Crippen LogP contribution in [0.4, 0.5) is 10.5 Å². The lowest BCUT2D eigenvalue weighted by atomic mass is 10.1. The Morgan fingerprint density at radius 1 is 0.829 bits per heavy atom. The Labute approximate surface area is 202 Å². The van der Waals surface area contributed by atoms with Gasteiger partial charge in [-0.3, -0.25) is 14.9 Å². The maximum absolute atomic E-state index is 12.7. The van der Waals surface area contributed by atoms with E-state index in [-0.39, 0.29) is 6.42 Å². The third kappa shape index (κ3) is 8.01. The van der Waals surface area contributed by atoms with Crippen molar-refractivity contribution in [2.24, 2.45) is 0 Å². The van der Waals surface area contributed by atoms with Gasteiger partial charge in [0.15, 0.2) is 6.61 Å². The van der Waals surface area contributed by atoms with Crippen molar-refractivity contribution in [3.63, 3.8) is 0 Å². The third-order valence-electron chi connectivity index (χ3n) is 4.85. The van der Waals surface area contributed by atoms with Crippen LogP contribution in [0.25, 0.3) is 0 Å². The van der Waals surface area contributed by atoms with Gasteiger partial charge < -0.3 is 20.1 Å². The van der Waals surface area contributed by atoms with Crippen molar-refractivity contribution in [2.75, 3.05) is 19.0 Å². The first-order chi connectivity index (χ1) is 16.9. The summed E-state index contributed by atoms with van der Waals surface area (Å²) in [5.74, 6) is -1.46. The Morgan fingerprint density at radius 2 is 1.46 bits per heavy atom. The summed E-state index contributed by atoms with van der Waals surface area (Å²) in [4.78, 5) is 49.5. The lowest BCUT2D eigenvalue weighted by Gasteiger charge is -2.18. The fourth-order valence-corrected chi connectivity index (χ4v) is 3.11. The number of imide groups is 1. The minimum Gasteiger partial charge on any atom is -0.497 e. The van der Waals surface area contributed by atoms with Gasteiger partial charge in [-0.05, 0) is 42.0 Å². The highest BCUT2D eigenvalue weighted by atomic mass is 16.5. The van der Waals surface area contributed by atoms with Gasteiger partial charge in [-0.2, -0.15) is 0 Å². The summed E-state index contributed by atoms with van der Waals surface area (Å²) < 4.78 is 10.1. The van der Waals surface area contributed by atoms with E-state index >= 15 is 0 Å². The normalized spacial score (nSPS) is 11.0. The van der Waals surface area contributed by atoms with Crippen molar-refractivity contribution < 1.29 is 28.7 Å². The number of methoxy groups -OCH3 is 1. The molecule has 1 atom stereocenters. The first kappa shape index (κ1) is 25.0. The molecule has 9 heteroatoms. The molecule has 0 aliphatic rings. The molecule has 0 spiro atoms. The van der Waals surface area contributed by atoms with E-state index in [2.05, 4.69) is 16.0 Å². The Morgan fingerprint density at radius 3 is 2.09 bits per heavy atom. The smallest absolute Gasteiger partial charge is 0.329 e. The monoisotopic (exact) mass is 475 g/mol. The Hall–Kier alpha value is -4.66. The molecule has 3 aromatic carbocycles. The summed E-state index contributed by atoms with van der Waals surface area (Å²) >= 11 is 0. The van der Waals surface area contributed by atoms with Crippen molar-refractivity contribution in [1.82, 2.24) is 10.6 Å². The van der Waals surface area contributed by atoms with E-state index in [1.165, 1.54) is 7.11 Å². The standard InChI is InChI=1S/C26H25N3O6/c1-34-21-14-12-20(13-15-21)27-26(33)29-23(30)17-35-25(32)22(16-18-8-4-2-5-9-18)28-24(31)19-10-6-3-7-11-19/h2-15,22H,16-17H2,1H3,(H,28,31)(H2,27,29,30,33). The summed E-state index contributed by atoms with van der Waals surface area (Å²) in [5.41, 5.74) is 1.62. The number of esters is 1. The maximum atomic E-state index is 12.7. The van der Waals surface area contributed by atoms with E-state index in [9.17, 15) is 19.2 Å². The molecule has 0 saturated heterocycles. The van der Waals surface area contributed by atoms with Gasteiger partial charge in [0, 0.05) is 17.7 Å². The Kier molecular flexibility index (Phi) is 8.95. The van der Waals surface area contributed by atoms with Crippen LogP contribution in [0.3, 0.4) is 0 Å². The molecule has 1 unspecified atom stereocenters. The maximum Gasteiger partial charge on any atom is 0.329 e. The van der Waals surface area contributed by atoms with Crippen LogP contribution < -0.4 is 20.7 Å². The molecule has 0 radical (unpaired) electrons. The number of hydrogen-bond acceptors (Lipinski definition) is 6. The van der Waals surface area contributed by atoms with Crippen molar-refractivity contribution in [1.29, 1.82) is 0 Å². The minimum absolute atomic E-state index is 0.165. The molecule has 0 aliphatic heterocycles. The number of anilines is 1. The predicted octanol–water partition coefficient (Wildman–Crippen LogP) is 2.93. The number of rotatable bonds is 9. The fraction of sp³-hybridized carbons (Fsp3) is 0.154. The second-order valence-corrected chi connectivity index (χ2v) is 7.42. The topological polar surface area (TPSA) is 123 Å². The third-order valence-corrected chi connectivity index (χ3v) is 4.85. The van der Waals surface area contributed by atoms with E-state index in [1.807, 2.05) is 30.3 Å². The number of ether oxygens (including phenoxy) is 2. The van der Waals surface area contributed by atoms with E-state index in [0.29, 0.717) is 17.0 Å². The van der Waals surface area contributed by atoms with Gasteiger partial charge in [0.05, 0.1) is 7.11 Å². The molecule has 4 amide bonds. The summed E-state index contributed by atoms with van der Waals surface area (Å²) in [6, 6.07) is 22.2. The van der Waals surface area contributed by atoms with E-state index in [1.54, 1.807) is 54.6 Å². The highest BCUT2D eigenvalue weighted by Gasteiger charge is 2.24. The van der Waals surface area contributed by atoms with Crippen LogP contribution in [0.1, 0.15) is 15.9 Å². The van der Waals surface area contributed by atoms with E-state index < -0.39 is 36.5 Å². The second kappa shape index (κ2) is 12.5. The van der Waals surface area contributed by atoms with Gasteiger partial charge in [-0.1, -0.05) is 48.5 Å². The fourth-order valence-electron chi connectivity index (χ4n) is 3.11. The molecular weight excluding hydrogens is 450 g/mol. The van der Waals surface area contributed by atoms with Crippen LogP contribution in [-0.2, 0) is 20.7 Å². The summed E-state index contributed by atoms with van der Waals surface area (Å²) in [5, 5.41) is 7.22. The Bertz CT molecular complexity index is 1150. The molecule has 9 nitrogen and oxygen atoms in total. The van der Waals surface area contributed by atoms with Crippen LogP contribution in [-0.4, -0.2) is 43.6 Å². The van der Waals surface area contributed by atoms with Gasteiger partial charge in [0.1, 0.15) is 11.8 Å². The summed E-state index contributed by atoms with van der Waals surface area (Å²) in [6.07, 6.45) is 0.165. The molecule has 0 bridgehead atoms. The second-order valence-electron chi connectivity index (χ2n) is 7.42. The minimum atomic E-state index is -1.04. The first-order valence-electron chi connectivity index (χ1n) is 10.8. The molecule has 0 aromatic heterocycles. The van der Waals surface area contributed by atoms with Gasteiger partial charge >= 0.3 is 12.0 Å². The first-order valence-corrected chi connectivity index (χ1v) is 10.8. The van der Waals surface area contributed by atoms with Crippen LogP contribution in [0.15, 0.2) is 84.9 Å². The van der Waals surface area contributed by atoms with Gasteiger partial charge in [0.25, 0.3) is 11.8 Å². The number of amides is 4. The predicted molar refractivity (Wildman–Crippen MR) is 129 cm³/mol. The molecule has 0 heterocycles. The molecule has 0 aliphatic carbocycles. The van der Waals surface area contributed by atoms with Gasteiger partial charge in [0.2, 0.25) is 0 Å². The lowest BCUT2D eigenvalue weighted by molar-refractivity contribution is -0.150. The number of nitrogens with one attached hydrogen (secondary N) is 3. The molecule has 180 valence electrons. The molecule has 35 heavy (non-hydrogen) atoms. The van der Waals surface area contributed by atoms with Crippen LogP contribution in [0, 0.1) is 0 Å². The number of carbonyl (C=O) groups is 4. The lowest BCUT2D eigenvalue weighted by Crippen LogP contribution is -2.45. The SMILES string of the molecule is COc1ccc(NC(=O)NC(=O)COC(=O)C(Cc2ccccc2)NC(=O)c2ccccc2)cc1. The van der Waals surface area contributed by atoms with Crippen LogP contribution in [0.5, 0.6) is 5.75 Å². The van der Waals surface area contributed by atoms with Gasteiger partial charge in [-0.15, -0.1) is 0 Å². The number of hydrogen-bond donors (Lipinski definition) is 3. The molecule has 0 fully saturated rings. The largest absolute Gasteiger partial charge is 0.497 e. The molecule has 3 N–H and O–H groups in total. The number of benzene rings is 3. The summed E-state index contributed by atoms with van der Waals surface area (Å²) in [6.45, 7) is -0.693. The molecule has 0 saturated carbocycles. The zero-order valence-corrected chi connectivity index (χ0v) is 19.0. The molecule has 3 rings (SSSR count). The van der Waals surface area contributed by atoms with Crippen LogP contribution >= 0.6 is 0 Å². The zero-order chi connectivity index (χ0) is 25.0. The molecule has 3 aromatic rings. The highest BCUT2D eigenvalue weighted by Crippen LogP contribution is 2.14. The average molecular weight is 476 g/mol. The zero-order valence-electron chi connectivity index (χ0n) is 19.0. The molecular formula is C26H25N3O6. The van der Waals surface area contributed by atoms with Crippen molar-refractivity contribution in [3.8, 4) is 5.75 Å². The average Bonchev–Trinajstić information content (AvgIpc) is 2.88. The van der Waals surface area contributed by atoms with Crippen molar-refractivity contribution in [3.05, 3.63) is 96.1 Å². The quantitative estimate of drug-likeness (QED) is 0.409. The highest BCUT2D eigenvalue weighted by molar-refractivity contribution is 6.02. The number of carbonyl (C=O) groups excluding carboxylic acids is 4. The van der Waals surface area contributed by atoms with Crippen molar-refractivity contribution in [2.45, 2.75) is 12.5 Å². The van der Waals surface area contributed by atoms with Crippen molar-refractivity contribution >= 4 is 29.5 Å². The number of urea groups is 1. The van der Waals surface area contributed by atoms with Gasteiger partial charge in [-0.25, -0.2) is 9.59 Å². The van der Waals surface area contributed by atoms with E-state index in [4.69, 9.17) is 9.47 Å².